The lowest BCUT2D eigenvalue weighted by molar-refractivity contribution is -0.338. The van der Waals surface area contributed by atoms with Gasteiger partial charge < -0.3 is 58.3 Å². The molecule has 0 aromatic rings. The van der Waals surface area contributed by atoms with Crippen LogP contribution in [-0.2, 0) is 42.7 Å². The normalized spacial score (nSPS) is 49.4. The molecule has 0 aromatic heterocycles. The van der Waals surface area contributed by atoms with Gasteiger partial charge in [-0.1, -0.05) is 0 Å². The number of aliphatic hydroxyl groups excluding tert-OH is 4. The van der Waals surface area contributed by atoms with Crippen LogP contribution in [0, 0.1) is 0 Å². The Labute approximate surface area is 228 Å². The van der Waals surface area contributed by atoms with Crippen LogP contribution in [0.3, 0.4) is 0 Å². The summed E-state index contributed by atoms with van der Waals surface area (Å²) in [6.07, 6.45) is -9.19. The van der Waals surface area contributed by atoms with Gasteiger partial charge in [-0.05, 0) is 34.1 Å². The van der Waals surface area contributed by atoms with E-state index in [1.54, 1.807) is 27.7 Å². The summed E-state index contributed by atoms with van der Waals surface area (Å²) in [4.78, 5) is 11.6. The van der Waals surface area contributed by atoms with Crippen molar-refractivity contribution in [3.63, 3.8) is 0 Å². The van der Waals surface area contributed by atoms with E-state index in [0.29, 0.717) is 12.8 Å². The van der Waals surface area contributed by atoms with Crippen molar-refractivity contribution < 1.29 is 63.1 Å². The highest BCUT2D eigenvalue weighted by molar-refractivity contribution is 5.66. The minimum atomic E-state index is -1.08. The molecule has 0 bridgehead atoms. The second-order valence-electron chi connectivity index (χ2n) is 11.0. The first-order chi connectivity index (χ1) is 18.4. The fourth-order valence-electron chi connectivity index (χ4n) is 5.71. The van der Waals surface area contributed by atoms with Crippen molar-refractivity contribution in [3.05, 3.63) is 0 Å². The van der Waals surface area contributed by atoms with Crippen molar-refractivity contribution in [2.75, 3.05) is 0 Å². The first-order valence-electron chi connectivity index (χ1n) is 13.9. The van der Waals surface area contributed by atoms with Gasteiger partial charge in [0.05, 0.1) is 42.7 Å². The van der Waals surface area contributed by atoms with Gasteiger partial charge in [0.25, 0.3) is 0 Å². The number of hydrogen-bond donors (Lipinski definition) is 4. The highest BCUT2D eigenvalue weighted by Gasteiger charge is 2.46. The van der Waals surface area contributed by atoms with Gasteiger partial charge in [0, 0.05) is 32.6 Å². The molecule has 0 spiro atoms. The minimum absolute atomic E-state index is 0.0727. The van der Waals surface area contributed by atoms with Crippen molar-refractivity contribution in [2.45, 2.75) is 159 Å². The van der Waals surface area contributed by atoms with Gasteiger partial charge in [-0.2, -0.15) is 0 Å². The standard InChI is InChI=1S/C26H44O13/c1-11-16(28)6-7-21(33-11)38-24-12(2)35-23(9-18(24)30)39-25-13(3)34-22(8-17(25)29)37-19-10-20(31)32-14(4)26(19)36-15(5)27/h11-14,16-26,28-31H,6-10H2,1-5H3. The van der Waals surface area contributed by atoms with Gasteiger partial charge in [-0.15, -0.1) is 0 Å². The molecule has 15 atom stereocenters. The third kappa shape index (κ3) is 7.86. The quantitative estimate of drug-likeness (QED) is 0.307. The van der Waals surface area contributed by atoms with E-state index in [2.05, 4.69) is 0 Å². The maximum absolute atomic E-state index is 11.6. The number of carbonyl (C=O) groups is 1. The Balaban J connectivity index is 1.28. The van der Waals surface area contributed by atoms with Crippen LogP contribution in [0.15, 0.2) is 0 Å². The average molecular weight is 565 g/mol. The van der Waals surface area contributed by atoms with E-state index in [0.717, 1.165) is 0 Å². The highest BCUT2D eigenvalue weighted by Crippen LogP contribution is 2.33. The zero-order valence-electron chi connectivity index (χ0n) is 23.2. The van der Waals surface area contributed by atoms with E-state index in [1.807, 2.05) is 0 Å². The van der Waals surface area contributed by atoms with E-state index in [9.17, 15) is 25.2 Å². The molecule has 4 fully saturated rings. The molecule has 4 rings (SSSR count). The summed E-state index contributed by atoms with van der Waals surface area (Å²) in [5.74, 6) is -0.497. The molecule has 13 nitrogen and oxygen atoms in total. The number of aliphatic hydroxyl groups is 4. The minimum Gasteiger partial charge on any atom is -0.457 e. The summed E-state index contributed by atoms with van der Waals surface area (Å²) in [7, 11) is 0. The molecule has 0 amide bonds. The zero-order valence-corrected chi connectivity index (χ0v) is 23.2. The monoisotopic (exact) mass is 564 g/mol. The number of ether oxygens (including phenoxy) is 8. The highest BCUT2D eigenvalue weighted by atomic mass is 16.7. The van der Waals surface area contributed by atoms with Gasteiger partial charge in [0.15, 0.2) is 31.3 Å². The predicted molar refractivity (Wildman–Crippen MR) is 131 cm³/mol. The molecule has 4 aliphatic heterocycles. The number of hydrogen-bond acceptors (Lipinski definition) is 13. The SMILES string of the molecule is CC(=O)OC1C(C)OC(O)CC1OC1CC(O)C(OC2CC(O)C(OC3CCC(O)C(C)O3)C(C)O2)C(C)O1. The number of carbonyl (C=O) groups excluding carboxylic acids is 1. The molecule has 0 radical (unpaired) electrons. The smallest absolute Gasteiger partial charge is 0.303 e. The summed E-state index contributed by atoms with van der Waals surface area (Å²) in [5.41, 5.74) is 0. The molecule has 0 saturated carbocycles. The molecule has 4 aliphatic rings. The Morgan fingerprint density at radius 1 is 0.615 bits per heavy atom. The third-order valence-corrected chi connectivity index (χ3v) is 7.77. The maximum atomic E-state index is 11.6. The Kier molecular flexibility index (Phi) is 10.6. The third-order valence-electron chi connectivity index (χ3n) is 7.77. The van der Waals surface area contributed by atoms with Gasteiger partial charge in [-0.3, -0.25) is 4.79 Å². The van der Waals surface area contributed by atoms with Crippen molar-refractivity contribution >= 4 is 5.97 Å². The van der Waals surface area contributed by atoms with Crippen molar-refractivity contribution in [1.29, 1.82) is 0 Å². The van der Waals surface area contributed by atoms with Crippen molar-refractivity contribution in [1.82, 2.24) is 0 Å². The molecule has 0 aromatic carbocycles. The number of rotatable bonds is 7. The van der Waals surface area contributed by atoms with Crippen LogP contribution in [0.4, 0.5) is 0 Å². The molecule has 13 heteroatoms. The molecule has 226 valence electrons. The molecule has 15 unspecified atom stereocenters. The first-order valence-corrected chi connectivity index (χ1v) is 13.9. The van der Waals surface area contributed by atoms with Crippen molar-refractivity contribution in [2.24, 2.45) is 0 Å². The largest absolute Gasteiger partial charge is 0.457 e. The van der Waals surface area contributed by atoms with E-state index in [-0.39, 0.29) is 25.4 Å². The lowest BCUT2D eigenvalue weighted by Gasteiger charge is -2.45. The Morgan fingerprint density at radius 2 is 1.13 bits per heavy atom. The summed E-state index contributed by atoms with van der Waals surface area (Å²) < 4.78 is 46.4. The van der Waals surface area contributed by atoms with E-state index in [4.69, 9.17) is 37.9 Å². The summed E-state index contributed by atoms with van der Waals surface area (Å²) in [5, 5.41) is 41.6. The molecule has 4 saturated heterocycles. The van der Waals surface area contributed by atoms with E-state index in [1.165, 1.54) is 6.92 Å². The van der Waals surface area contributed by atoms with Crippen LogP contribution >= 0.6 is 0 Å². The van der Waals surface area contributed by atoms with Crippen LogP contribution < -0.4 is 0 Å². The molecular weight excluding hydrogens is 520 g/mol. The molecule has 4 N–H and O–H groups in total. The molecule has 39 heavy (non-hydrogen) atoms. The topological polar surface area (TPSA) is 172 Å². The summed E-state index contributed by atoms with van der Waals surface area (Å²) >= 11 is 0. The second kappa shape index (κ2) is 13.3. The Morgan fingerprint density at radius 3 is 1.67 bits per heavy atom. The maximum Gasteiger partial charge on any atom is 0.303 e. The lowest BCUT2D eigenvalue weighted by Crippen LogP contribution is -2.56. The summed E-state index contributed by atoms with van der Waals surface area (Å²) in [6.45, 7) is 8.25. The fourth-order valence-corrected chi connectivity index (χ4v) is 5.71. The fraction of sp³-hybridized carbons (Fsp3) is 0.962. The van der Waals surface area contributed by atoms with Crippen LogP contribution in [0.1, 0.15) is 66.7 Å². The van der Waals surface area contributed by atoms with Gasteiger partial charge in [-0.25, -0.2) is 0 Å². The van der Waals surface area contributed by atoms with Crippen LogP contribution in [0.5, 0.6) is 0 Å². The van der Waals surface area contributed by atoms with E-state index < -0.39 is 92.2 Å². The summed E-state index contributed by atoms with van der Waals surface area (Å²) in [6, 6.07) is 0. The zero-order chi connectivity index (χ0) is 28.4. The van der Waals surface area contributed by atoms with Gasteiger partial charge >= 0.3 is 5.97 Å². The lowest BCUT2D eigenvalue weighted by atomic mass is 9.99. The van der Waals surface area contributed by atoms with E-state index >= 15 is 0 Å². The Hall–Kier alpha value is -0.970. The predicted octanol–water partition coefficient (Wildman–Crippen LogP) is 0.0784. The van der Waals surface area contributed by atoms with Gasteiger partial charge in [0.1, 0.15) is 18.3 Å². The first kappa shape index (κ1) is 31.0. The van der Waals surface area contributed by atoms with Crippen LogP contribution in [0.2, 0.25) is 0 Å². The second-order valence-corrected chi connectivity index (χ2v) is 11.0. The van der Waals surface area contributed by atoms with Crippen LogP contribution in [0.25, 0.3) is 0 Å². The number of esters is 1. The molecule has 0 aliphatic carbocycles. The average Bonchev–Trinajstić information content (AvgIpc) is 2.83. The van der Waals surface area contributed by atoms with Gasteiger partial charge in [0.2, 0.25) is 0 Å². The Bertz CT molecular complexity index is 776. The molecular formula is C26H44O13. The van der Waals surface area contributed by atoms with Crippen LogP contribution in [-0.4, -0.2) is 119 Å². The van der Waals surface area contributed by atoms with Crippen molar-refractivity contribution in [3.8, 4) is 0 Å². The molecule has 4 heterocycles.